The van der Waals surface area contributed by atoms with E-state index in [1.165, 1.54) is 0 Å². The molecule has 2 aromatic heterocycles. The minimum atomic E-state index is -0.325. The molecule has 1 atom stereocenters. The van der Waals surface area contributed by atoms with Crippen molar-refractivity contribution < 1.29 is 9.59 Å². The Balaban J connectivity index is 1.63. The SMILES string of the molecule is CCC(C(=O)NCc1cc2n(n1)CCCN(C(=O)N(C)C)C2)n1cccn1. The molecule has 0 aromatic carbocycles. The number of nitrogens with zero attached hydrogens (tertiary/aromatic N) is 6. The maximum Gasteiger partial charge on any atom is 0.319 e. The number of hydrogen-bond acceptors (Lipinski definition) is 4. The van der Waals surface area contributed by atoms with Crippen LogP contribution in [-0.2, 0) is 24.4 Å². The van der Waals surface area contributed by atoms with Crippen LogP contribution in [0.2, 0.25) is 0 Å². The molecule has 1 aliphatic heterocycles. The Morgan fingerprint density at radius 1 is 1.33 bits per heavy atom. The van der Waals surface area contributed by atoms with Crippen molar-refractivity contribution >= 4 is 11.9 Å². The first-order valence-corrected chi connectivity index (χ1v) is 9.28. The summed E-state index contributed by atoms with van der Waals surface area (Å²) in [4.78, 5) is 28.2. The largest absolute Gasteiger partial charge is 0.349 e. The van der Waals surface area contributed by atoms with E-state index in [2.05, 4.69) is 15.5 Å². The number of carbonyl (C=O) groups excluding carboxylic acids is 2. The van der Waals surface area contributed by atoms with Crippen LogP contribution in [0.3, 0.4) is 0 Å². The Kier molecular flexibility index (Phi) is 5.78. The van der Waals surface area contributed by atoms with E-state index in [9.17, 15) is 9.59 Å². The van der Waals surface area contributed by atoms with Gasteiger partial charge in [0.05, 0.1) is 24.5 Å². The number of carbonyl (C=O) groups is 2. The van der Waals surface area contributed by atoms with E-state index >= 15 is 0 Å². The summed E-state index contributed by atoms with van der Waals surface area (Å²) in [6.07, 6.45) is 4.98. The molecule has 3 heterocycles. The summed E-state index contributed by atoms with van der Waals surface area (Å²) in [5, 5.41) is 11.7. The summed E-state index contributed by atoms with van der Waals surface area (Å²) in [6.45, 7) is 4.34. The van der Waals surface area contributed by atoms with Gasteiger partial charge in [0.2, 0.25) is 5.91 Å². The van der Waals surface area contributed by atoms with Gasteiger partial charge in [-0.2, -0.15) is 10.2 Å². The van der Waals surface area contributed by atoms with Crippen LogP contribution in [0.15, 0.2) is 24.5 Å². The average molecular weight is 373 g/mol. The number of amides is 3. The standard InChI is InChI=1S/C18H27N7O2/c1-4-16(25-9-5-7-20-25)17(26)19-12-14-11-15-13-23(18(27)22(2)3)8-6-10-24(15)21-14/h5,7,9,11,16H,4,6,8,10,12-13H2,1-3H3,(H,19,26). The smallest absolute Gasteiger partial charge is 0.319 e. The molecule has 0 saturated heterocycles. The summed E-state index contributed by atoms with van der Waals surface area (Å²) < 4.78 is 3.61. The fraction of sp³-hybridized carbons (Fsp3) is 0.556. The van der Waals surface area contributed by atoms with Gasteiger partial charge in [0.25, 0.3) is 0 Å². The van der Waals surface area contributed by atoms with Gasteiger partial charge in [-0.05, 0) is 25.0 Å². The van der Waals surface area contributed by atoms with Crippen LogP contribution in [0.4, 0.5) is 4.79 Å². The van der Waals surface area contributed by atoms with E-state index < -0.39 is 0 Å². The first kappa shape index (κ1) is 18.9. The molecule has 0 aliphatic carbocycles. The Morgan fingerprint density at radius 2 is 2.15 bits per heavy atom. The second kappa shape index (κ2) is 8.24. The van der Waals surface area contributed by atoms with E-state index in [1.54, 1.807) is 36.1 Å². The van der Waals surface area contributed by atoms with Gasteiger partial charge in [-0.1, -0.05) is 6.92 Å². The molecule has 27 heavy (non-hydrogen) atoms. The monoisotopic (exact) mass is 373 g/mol. The summed E-state index contributed by atoms with van der Waals surface area (Å²) in [7, 11) is 3.52. The maximum absolute atomic E-state index is 12.5. The Morgan fingerprint density at radius 3 is 2.81 bits per heavy atom. The van der Waals surface area contributed by atoms with Crippen molar-refractivity contribution in [2.75, 3.05) is 20.6 Å². The van der Waals surface area contributed by atoms with Crippen LogP contribution in [0.5, 0.6) is 0 Å². The number of rotatable bonds is 5. The third kappa shape index (κ3) is 4.29. The molecule has 0 spiro atoms. The fourth-order valence-corrected chi connectivity index (χ4v) is 3.31. The number of fused-ring (bicyclic) bond motifs is 1. The molecule has 9 heteroatoms. The first-order valence-electron chi connectivity index (χ1n) is 9.28. The predicted octanol–water partition coefficient (Wildman–Crippen LogP) is 1.23. The quantitative estimate of drug-likeness (QED) is 0.854. The molecular formula is C18H27N7O2. The fourth-order valence-electron chi connectivity index (χ4n) is 3.31. The lowest BCUT2D eigenvalue weighted by molar-refractivity contribution is -0.124. The van der Waals surface area contributed by atoms with Gasteiger partial charge in [0.15, 0.2) is 0 Å². The van der Waals surface area contributed by atoms with Gasteiger partial charge in [0.1, 0.15) is 6.04 Å². The number of nitrogens with one attached hydrogen (secondary N) is 1. The highest BCUT2D eigenvalue weighted by atomic mass is 16.2. The normalized spacial score (nSPS) is 15.0. The van der Waals surface area contributed by atoms with Gasteiger partial charge in [-0.25, -0.2) is 4.79 Å². The molecule has 0 radical (unpaired) electrons. The predicted molar refractivity (Wildman–Crippen MR) is 99.7 cm³/mol. The Hall–Kier alpha value is -2.84. The van der Waals surface area contributed by atoms with Crippen molar-refractivity contribution in [3.63, 3.8) is 0 Å². The maximum atomic E-state index is 12.5. The third-order valence-corrected chi connectivity index (χ3v) is 4.70. The van der Waals surface area contributed by atoms with E-state index in [0.717, 1.165) is 24.4 Å². The Bertz CT molecular complexity index is 782. The molecule has 9 nitrogen and oxygen atoms in total. The lowest BCUT2D eigenvalue weighted by atomic mass is 10.2. The number of urea groups is 1. The summed E-state index contributed by atoms with van der Waals surface area (Å²) in [5.41, 5.74) is 1.79. The molecule has 0 bridgehead atoms. The average Bonchev–Trinajstić information content (AvgIpc) is 3.26. The molecule has 0 saturated carbocycles. The second-order valence-corrected chi connectivity index (χ2v) is 6.93. The molecule has 1 aliphatic rings. The van der Waals surface area contributed by atoms with E-state index in [4.69, 9.17) is 0 Å². The summed E-state index contributed by atoms with van der Waals surface area (Å²) in [5.74, 6) is -0.0752. The van der Waals surface area contributed by atoms with Gasteiger partial charge in [0, 0.05) is 39.6 Å². The Labute approximate surface area is 158 Å². The van der Waals surface area contributed by atoms with Crippen molar-refractivity contribution in [3.8, 4) is 0 Å². The zero-order valence-electron chi connectivity index (χ0n) is 16.1. The third-order valence-electron chi connectivity index (χ3n) is 4.70. The molecule has 3 amide bonds. The second-order valence-electron chi connectivity index (χ2n) is 6.93. The highest BCUT2D eigenvalue weighted by Crippen LogP contribution is 2.15. The van der Waals surface area contributed by atoms with Crippen molar-refractivity contribution in [2.24, 2.45) is 0 Å². The summed E-state index contributed by atoms with van der Waals surface area (Å²) >= 11 is 0. The van der Waals surface area contributed by atoms with Gasteiger partial charge in [-0.3, -0.25) is 14.2 Å². The van der Waals surface area contributed by atoms with Crippen LogP contribution in [0.25, 0.3) is 0 Å². The van der Waals surface area contributed by atoms with Gasteiger partial charge < -0.3 is 15.1 Å². The highest BCUT2D eigenvalue weighted by Gasteiger charge is 2.22. The zero-order chi connectivity index (χ0) is 19.4. The van der Waals surface area contributed by atoms with E-state index in [-0.39, 0.29) is 18.0 Å². The van der Waals surface area contributed by atoms with E-state index in [1.807, 2.05) is 28.6 Å². The van der Waals surface area contributed by atoms with Crippen LogP contribution in [0.1, 0.15) is 37.2 Å². The van der Waals surface area contributed by atoms with Gasteiger partial charge in [-0.15, -0.1) is 0 Å². The minimum absolute atomic E-state index is 0.00418. The van der Waals surface area contributed by atoms with Gasteiger partial charge >= 0.3 is 6.03 Å². The van der Waals surface area contributed by atoms with Crippen LogP contribution in [0, 0.1) is 0 Å². The molecule has 1 N–H and O–H groups in total. The molecular weight excluding hydrogens is 346 g/mol. The summed E-state index contributed by atoms with van der Waals surface area (Å²) in [6, 6.07) is 3.46. The first-order chi connectivity index (χ1) is 13.0. The highest BCUT2D eigenvalue weighted by molar-refractivity contribution is 5.80. The number of aromatic nitrogens is 4. The molecule has 2 aromatic rings. The lowest BCUT2D eigenvalue weighted by Gasteiger charge is -2.24. The molecule has 3 rings (SSSR count). The van der Waals surface area contributed by atoms with Crippen LogP contribution in [-0.4, -0.2) is 61.9 Å². The van der Waals surface area contributed by atoms with Crippen LogP contribution < -0.4 is 5.32 Å². The topological polar surface area (TPSA) is 88.3 Å². The lowest BCUT2D eigenvalue weighted by Crippen LogP contribution is -2.38. The number of aryl methyl sites for hydroxylation is 1. The van der Waals surface area contributed by atoms with E-state index in [0.29, 0.717) is 26.1 Å². The van der Waals surface area contributed by atoms with Crippen LogP contribution >= 0.6 is 0 Å². The minimum Gasteiger partial charge on any atom is -0.349 e. The van der Waals surface area contributed by atoms with Crippen molar-refractivity contribution in [1.29, 1.82) is 0 Å². The molecule has 1 unspecified atom stereocenters. The molecule has 0 fully saturated rings. The zero-order valence-corrected chi connectivity index (χ0v) is 16.1. The van der Waals surface area contributed by atoms with Crippen molar-refractivity contribution in [1.82, 2.24) is 34.7 Å². The van der Waals surface area contributed by atoms with Crippen molar-refractivity contribution in [2.45, 2.75) is 45.4 Å². The number of hydrogen-bond donors (Lipinski definition) is 1. The molecule has 146 valence electrons. The van der Waals surface area contributed by atoms with Crippen molar-refractivity contribution in [3.05, 3.63) is 35.9 Å².